The van der Waals surface area contributed by atoms with Gasteiger partial charge in [-0.1, -0.05) is 72.8 Å². The van der Waals surface area contributed by atoms with Crippen molar-refractivity contribution < 1.29 is 0 Å². The van der Waals surface area contributed by atoms with Gasteiger partial charge in [0, 0.05) is 11.3 Å². The predicted octanol–water partition coefficient (Wildman–Crippen LogP) is 5.01. The normalized spacial score (nSPS) is 12.4. The third-order valence-electron chi connectivity index (χ3n) is 4.31. The number of nitrogens with two attached hydrogens (primary N) is 1. The minimum atomic E-state index is 0.846. The fraction of sp³-hybridized carbons (Fsp3) is 0.0476. The number of anilines is 1. The molecule has 0 unspecified atom stereocenters. The summed E-state index contributed by atoms with van der Waals surface area (Å²) in [6.45, 7) is 0. The summed E-state index contributed by atoms with van der Waals surface area (Å²) in [6.07, 6.45) is 5.25. The Bertz CT molecular complexity index is 860. The molecule has 0 saturated carbocycles. The molecule has 0 spiro atoms. The van der Waals surface area contributed by atoms with Crippen LogP contribution in [0.4, 0.5) is 5.69 Å². The van der Waals surface area contributed by atoms with E-state index in [4.69, 9.17) is 5.73 Å². The quantitative estimate of drug-likeness (QED) is 0.406. The van der Waals surface area contributed by atoms with Crippen molar-refractivity contribution in [1.29, 1.82) is 0 Å². The lowest BCUT2D eigenvalue weighted by Gasteiger charge is -2.08. The fourth-order valence-corrected chi connectivity index (χ4v) is 3.19. The molecule has 1 heteroatoms. The molecule has 0 bridgehead atoms. The summed E-state index contributed by atoms with van der Waals surface area (Å²) in [4.78, 5) is 0. The highest BCUT2D eigenvalue weighted by Gasteiger charge is 2.20. The Balaban J connectivity index is 1.80. The Morgan fingerprint density at radius 2 is 1.50 bits per heavy atom. The molecular formula is C21H17N. The lowest BCUT2D eigenvalue weighted by molar-refractivity contribution is 1.25. The average Bonchev–Trinajstić information content (AvgIpc) is 2.93. The van der Waals surface area contributed by atoms with E-state index >= 15 is 0 Å². The second-order valence-electron chi connectivity index (χ2n) is 5.67. The summed E-state index contributed by atoms with van der Waals surface area (Å²) in [7, 11) is 0. The van der Waals surface area contributed by atoms with Crippen LogP contribution in [-0.4, -0.2) is 0 Å². The van der Waals surface area contributed by atoms with Crippen molar-refractivity contribution in [2.45, 2.75) is 6.42 Å². The highest BCUT2D eigenvalue weighted by Crippen LogP contribution is 2.40. The maximum absolute atomic E-state index is 6.24. The maximum Gasteiger partial charge on any atom is 0.0390 e. The van der Waals surface area contributed by atoms with Crippen molar-refractivity contribution in [2.24, 2.45) is 0 Å². The number of nitrogen functional groups attached to an aromatic ring is 1. The van der Waals surface area contributed by atoms with Gasteiger partial charge in [-0.3, -0.25) is 0 Å². The predicted molar refractivity (Wildman–Crippen MR) is 94.5 cm³/mol. The molecule has 2 N–H and O–H groups in total. The third-order valence-corrected chi connectivity index (χ3v) is 4.31. The van der Waals surface area contributed by atoms with Crippen LogP contribution in [0.15, 0.2) is 66.7 Å². The molecule has 0 radical (unpaired) electrons. The fourth-order valence-electron chi connectivity index (χ4n) is 3.19. The van der Waals surface area contributed by atoms with E-state index in [1.165, 1.54) is 27.8 Å². The first-order valence-electron chi connectivity index (χ1n) is 7.56. The SMILES string of the molecule is Nc1ccc2c(c1C=Cc1ccccc1)Cc1ccccc1-2. The molecule has 0 aromatic heterocycles. The third kappa shape index (κ3) is 2.11. The molecule has 0 heterocycles. The van der Waals surface area contributed by atoms with E-state index < -0.39 is 0 Å². The van der Waals surface area contributed by atoms with Gasteiger partial charge in [-0.25, -0.2) is 0 Å². The van der Waals surface area contributed by atoms with E-state index in [1.807, 2.05) is 24.3 Å². The Morgan fingerprint density at radius 1 is 0.727 bits per heavy atom. The molecule has 22 heavy (non-hydrogen) atoms. The van der Waals surface area contributed by atoms with Gasteiger partial charge in [-0.15, -0.1) is 0 Å². The van der Waals surface area contributed by atoms with Crippen LogP contribution in [0.3, 0.4) is 0 Å². The minimum Gasteiger partial charge on any atom is -0.398 e. The van der Waals surface area contributed by atoms with Crippen LogP contribution in [0, 0.1) is 0 Å². The number of rotatable bonds is 2. The summed E-state index contributed by atoms with van der Waals surface area (Å²) in [5, 5.41) is 0. The summed E-state index contributed by atoms with van der Waals surface area (Å²) in [5.41, 5.74) is 14.8. The zero-order valence-corrected chi connectivity index (χ0v) is 12.3. The van der Waals surface area contributed by atoms with Gasteiger partial charge in [0.05, 0.1) is 0 Å². The van der Waals surface area contributed by atoms with Crippen LogP contribution in [0.5, 0.6) is 0 Å². The summed E-state index contributed by atoms with van der Waals surface area (Å²) < 4.78 is 0. The molecule has 0 amide bonds. The zero-order valence-electron chi connectivity index (χ0n) is 12.3. The van der Waals surface area contributed by atoms with Gasteiger partial charge < -0.3 is 5.73 Å². The first kappa shape index (κ1) is 12.9. The molecule has 0 atom stereocenters. The molecular weight excluding hydrogens is 266 g/mol. The van der Waals surface area contributed by atoms with Crippen LogP contribution in [-0.2, 0) is 6.42 Å². The number of fused-ring (bicyclic) bond motifs is 3. The van der Waals surface area contributed by atoms with Gasteiger partial charge in [-0.2, -0.15) is 0 Å². The lowest BCUT2D eigenvalue weighted by Crippen LogP contribution is -1.94. The van der Waals surface area contributed by atoms with Crippen LogP contribution in [0.2, 0.25) is 0 Å². The topological polar surface area (TPSA) is 26.0 Å². The minimum absolute atomic E-state index is 0.846. The van der Waals surface area contributed by atoms with Crippen molar-refractivity contribution in [3.05, 3.63) is 89.0 Å². The number of benzene rings is 3. The van der Waals surface area contributed by atoms with Gasteiger partial charge in [0.15, 0.2) is 0 Å². The standard InChI is InChI=1S/C21H17N/c22-21-13-12-18-17-9-5-4-8-16(17)14-20(18)19(21)11-10-15-6-2-1-3-7-15/h1-13H,14,22H2. The first-order chi connectivity index (χ1) is 10.8. The van der Waals surface area contributed by atoms with Crippen LogP contribution in [0.25, 0.3) is 23.3 Å². The Labute approximate surface area is 130 Å². The van der Waals surface area contributed by atoms with Crippen molar-refractivity contribution in [3.8, 4) is 11.1 Å². The zero-order chi connectivity index (χ0) is 14.9. The van der Waals surface area contributed by atoms with E-state index in [2.05, 4.69) is 54.6 Å². The van der Waals surface area contributed by atoms with Gasteiger partial charge in [0.25, 0.3) is 0 Å². The summed E-state index contributed by atoms with van der Waals surface area (Å²) >= 11 is 0. The van der Waals surface area contributed by atoms with Crippen molar-refractivity contribution in [1.82, 2.24) is 0 Å². The smallest absolute Gasteiger partial charge is 0.0390 e. The van der Waals surface area contributed by atoms with Gasteiger partial charge in [0.1, 0.15) is 0 Å². The molecule has 1 aliphatic carbocycles. The molecule has 3 aromatic carbocycles. The monoisotopic (exact) mass is 283 g/mol. The highest BCUT2D eigenvalue weighted by atomic mass is 14.6. The Kier molecular flexibility index (Phi) is 3.05. The van der Waals surface area contributed by atoms with Crippen LogP contribution >= 0.6 is 0 Å². The molecule has 3 aromatic rings. The molecule has 4 rings (SSSR count). The van der Waals surface area contributed by atoms with Crippen molar-refractivity contribution in [2.75, 3.05) is 5.73 Å². The molecule has 0 fully saturated rings. The van der Waals surface area contributed by atoms with Gasteiger partial charge >= 0.3 is 0 Å². The van der Waals surface area contributed by atoms with E-state index in [1.54, 1.807) is 0 Å². The van der Waals surface area contributed by atoms with E-state index in [0.29, 0.717) is 0 Å². The highest BCUT2D eigenvalue weighted by molar-refractivity contribution is 5.87. The Hall–Kier alpha value is -2.80. The van der Waals surface area contributed by atoms with Crippen molar-refractivity contribution >= 4 is 17.8 Å². The number of hydrogen-bond donors (Lipinski definition) is 1. The Morgan fingerprint density at radius 3 is 2.36 bits per heavy atom. The number of hydrogen-bond acceptors (Lipinski definition) is 1. The largest absolute Gasteiger partial charge is 0.398 e. The summed E-state index contributed by atoms with van der Waals surface area (Å²) in [5.74, 6) is 0. The second kappa shape index (κ2) is 5.19. The molecule has 0 saturated heterocycles. The molecule has 1 aliphatic rings. The molecule has 0 aliphatic heterocycles. The second-order valence-corrected chi connectivity index (χ2v) is 5.67. The van der Waals surface area contributed by atoms with E-state index in [9.17, 15) is 0 Å². The van der Waals surface area contributed by atoms with Crippen molar-refractivity contribution in [3.63, 3.8) is 0 Å². The molecule has 106 valence electrons. The van der Waals surface area contributed by atoms with E-state index in [0.717, 1.165) is 17.7 Å². The van der Waals surface area contributed by atoms with Crippen LogP contribution in [0.1, 0.15) is 22.3 Å². The average molecular weight is 283 g/mol. The van der Waals surface area contributed by atoms with Gasteiger partial charge in [0.2, 0.25) is 0 Å². The maximum atomic E-state index is 6.24. The van der Waals surface area contributed by atoms with E-state index in [-0.39, 0.29) is 0 Å². The van der Waals surface area contributed by atoms with Crippen LogP contribution < -0.4 is 5.73 Å². The van der Waals surface area contributed by atoms with Gasteiger partial charge in [-0.05, 0) is 40.3 Å². The first-order valence-corrected chi connectivity index (χ1v) is 7.56. The lowest BCUT2D eigenvalue weighted by atomic mass is 9.98. The summed E-state index contributed by atoms with van der Waals surface area (Å²) in [6, 6.07) is 23.1. The molecule has 1 nitrogen and oxygen atoms in total.